The number of nitrogens with one attached hydrogen (secondary N) is 1. The van der Waals surface area contributed by atoms with Crippen LogP contribution in [0.4, 0.5) is 0 Å². The summed E-state index contributed by atoms with van der Waals surface area (Å²) >= 11 is 0. The van der Waals surface area contributed by atoms with E-state index in [9.17, 15) is 8.42 Å². The van der Waals surface area contributed by atoms with E-state index >= 15 is 0 Å². The lowest BCUT2D eigenvalue weighted by Crippen LogP contribution is -2.49. The first-order valence-electron chi connectivity index (χ1n) is 7.66. The summed E-state index contributed by atoms with van der Waals surface area (Å²) in [6.07, 6.45) is 6.09. The van der Waals surface area contributed by atoms with Crippen molar-refractivity contribution in [3.63, 3.8) is 0 Å². The Morgan fingerprint density at radius 2 is 1.87 bits per heavy atom. The fourth-order valence-corrected chi connectivity index (χ4v) is 4.29. The highest BCUT2D eigenvalue weighted by molar-refractivity contribution is 7.89. The van der Waals surface area contributed by atoms with E-state index in [-0.39, 0.29) is 23.8 Å². The molecule has 1 fully saturated rings. The molecule has 0 unspecified atom stereocenters. The molecule has 128 valence electrons. The minimum atomic E-state index is -3.65. The van der Waals surface area contributed by atoms with Crippen molar-refractivity contribution in [2.75, 3.05) is 6.54 Å². The van der Waals surface area contributed by atoms with Gasteiger partial charge >= 0.3 is 0 Å². The number of hydrogen-bond donors (Lipinski definition) is 2. The van der Waals surface area contributed by atoms with Crippen LogP contribution in [0.5, 0.6) is 0 Å². The second kappa shape index (κ2) is 8.11. The highest BCUT2D eigenvalue weighted by Crippen LogP contribution is 2.25. The van der Waals surface area contributed by atoms with Gasteiger partial charge in [-0.15, -0.1) is 12.4 Å². The number of benzene rings is 1. The molecule has 0 radical (unpaired) electrons. The molecule has 0 aliphatic heterocycles. The number of sulfonamides is 1. The number of nitriles is 1. The van der Waals surface area contributed by atoms with Gasteiger partial charge in [0.15, 0.2) is 0 Å². The number of nitrogens with two attached hydrogens (primary N) is 1. The Hall–Kier alpha value is -1.13. The van der Waals surface area contributed by atoms with Crippen molar-refractivity contribution in [2.24, 2.45) is 5.73 Å². The van der Waals surface area contributed by atoms with Gasteiger partial charge in [-0.2, -0.15) is 5.26 Å². The fourth-order valence-electron chi connectivity index (χ4n) is 2.89. The van der Waals surface area contributed by atoms with Gasteiger partial charge in [-0.1, -0.05) is 31.7 Å². The molecule has 1 saturated carbocycles. The van der Waals surface area contributed by atoms with Crippen LogP contribution in [-0.4, -0.2) is 20.5 Å². The molecule has 2 rings (SSSR count). The average Bonchev–Trinajstić information content (AvgIpc) is 2.71. The first-order chi connectivity index (χ1) is 10.4. The topological polar surface area (TPSA) is 96.0 Å². The molecule has 0 atom stereocenters. The Morgan fingerprint density at radius 3 is 2.43 bits per heavy atom. The van der Waals surface area contributed by atoms with Crippen LogP contribution in [-0.2, 0) is 10.0 Å². The molecule has 5 nitrogen and oxygen atoms in total. The maximum atomic E-state index is 12.5. The van der Waals surface area contributed by atoms with Crippen LogP contribution < -0.4 is 10.5 Å². The van der Waals surface area contributed by atoms with Crippen molar-refractivity contribution in [3.05, 3.63) is 29.3 Å². The molecular formula is C16H24ClN3O2S. The van der Waals surface area contributed by atoms with Gasteiger partial charge in [0.05, 0.1) is 16.5 Å². The summed E-state index contributed by atoms with van der Waals surface area (Å²) in [7, 11) is -3.65. The molecule has 0 heterocycles. The predicted octanol–water partition coefficient (Wildman–Crippen LogP) is 2.62. The summed E-state index contributed by atoms with van der Waals surface area (Å²) in [5.74, 6) is 0. The molecule has 7 heteroatoms. The van der Waals surface area contributed by atoms with Crippen molar-refractivity contribution in [1.29, 1.82) is 5.26 Å². The summed E-state index contributed by atoms with van der Waals surface area (Å²) in [5, 5.41) is 8.94. The third-order valence-electron chi connectivity index (χ3n) is 4.32. The van der Waals surface area contributed by atoms with E-state index in [0.29, 0.717) is 11.1 Å². The molecule has 0 saturated heterocycles. The third-order valence-corrected chi connectivity index (χ3v) is 5.86. The number of aryl methyl sites for hydroxylation is 1. The summed E-state index contributed by atoms with van der Waals surface area (Å²) in [6.45, 7) is 1.96. The van der Waals surface area contributed by atoms with E-state index in [1.54, 1.807) is 19.1 Å². The Kier molecular flexibility index (Phi) is 7.02. The summed E-state index contributed by atoms with van der Waals surface area (Å²) in [5.41, 5.74) is 6.85. The first-order valence-corrected chi connectivity index (χ1v) is 9.14. The van der Waals surface area contributed by atoms with Crippen LogP contribution in [0.15, 0.2) is 23.1 Å². The highest BCUT2D eigenvalue weighted by Gasteiger charge is 2.28. The van der Waals surface area contributed by atoms with Gasteiger partial charge in [0, 0.05) is 12.1 Å². The second-order valence-electron chi connectivity index (χ2n) is 6.19. The van der Waals surface area contributed by atoms with E-state index in [1.165, 1.54) is 6.07 Å². The molecule has 0 bridgehead atoms. The Morgan fingerprint density at radius 1 is 1.26 bits per heavy atom. The van der Waals surface area contributed by atoms with Crippen LogP contribution >= 0.6 is 12.4 Å². The van der Waals surface area contributed by atoms with Crippen LogP contribution in [0.2, 0.25) is 0 Å². The second-order valence-corrected chi connectivity index (χ2v) is 7.93. The third kappa shape index (κ3) is 5.18. The van der Waals surface area contributed by atoms with Gasteiger partial charge < -0.3 is 5.73 Å². The lowest BCUT2D eigenvalue weighted by Gasteiger charge is -2.28. The number of rotatable bonds is 4. The molecule has 1 aliphatic rings. The maximum Gasteiger partial charge on any atom is 0.240 e. The van der Waals surface area contributed by atoms with Gasteiger partial charge in [0.1, 0.15) is 0 Å². The summed E-state index contributed by atoms with van der Waals surface area (Å²) in [4.78, 5) is 0.156. The first kappa shape index (κ1) is 19.9. The number of nitrogens with zero attached hydrogens (tertiary/aromatic N) is 1. The summed E-state index contributed by atoms with van der Waals surface area (Å²) in [6, 6.07) is 6.65. The fraction of sp³-hybridized carbons (Fsp3) is 0.562. The van der Waals surface area contributed by atoms with Crippen molar-refractivity contribution in [2.45, 2.75) is 55.9 Å². The van der Waals surface area contributed by atoms with Crippen molar-refractivity contribution >= 4 is 22.4 Å². The van der Waals surface area contributed by atoms with E-state index in [1.807, 2.05) is 6.07 Å². The zero-order valence-electron chi connectivity index (χ0n) is 13.3. The molecule has 1 aliphatic carbocycles. The molecule has 1 aromatic carbocycles. The van der Waals surface area contributed by atoms with E-state index in [4.69, 9.17) is 11.0 Å². The minimum absolute atomic E-state index is 0. The lowest BCUT2D eigenvalue weighted by atomic mass is 9.92. The van der Waals surface area contributed by atoms with Crippen molar-refractivity contribution in [1.82, 2.24) is 4.72 Å². The largest absolute Gasteiger partial charge is 0.324 e. The van der Waals surface area contributed by atoms with Crippen LogP contribution in [0.1, 0.15) is 49.7 Å². The monoisotopic (exact) mass is 357 g/mol. The highest BCUT2D eigenvalue weighted by atomic mass is 35.5. The smallest absolute Gasteiger partial charge is 0.240 e. The molecule has 0 aromatic heterocycles. The predicted molar refractivity (Wildman–Crippen MR) is 93.0 cm³/mol. The van der Waals surface area contributed by atoms with Crippen LogP contribution in [0.3, 0.4) is 0 Å². The quantitative estimate of drug-likeness (QED) is 0.809. The number of halogens is 1. The van der Waals surface area contributed by atoms with Gasteiger partial charge in [-0.3, -0.25) is 0 Å². The van der Waals surface area contributed by atoms with Gasteiger partial charge in [0.2, 0.25) is 10.0 Å². The molecule has 1 aromatic rings. The van der Waals surface area contributed by atoms with E-state index in [0.717, 1.165) is 38.5 Å². The zero-order valence-corrected chi connectivity index (χ0v) is 15.0. The molecule has 0 amide bonds. The van der Waals surface area contributed by atoms with Gasteiger partial charge in [-0.25, -0.2) is 13.1 Å². The summed E-state index contributed by atoms with van der Waals surface area (Å²) < 4.78 is 27.7. The molecule has 23 heavy (non-hydrogen) atoms. The van der Waals surface area contributed by atoms with Crippen molar-refractivity contribution in [3.8, 4) is 6.07 Å². The standard InChI is InChI=1S/C16H23N3O2S.ClH/c1-13-6-7-14(11-17)10-15(13)22(20,21)19-12-16(18)8-4-2-3-5-9-16;/h6-7,10,19H,2-5,8-9,12,18H2,1H3;1H. The lowest BCUT2D eigenvalue weighted by molar-refractivity contribution is 0.369. The Labute approximate surface area is 144 Å². The van der Waals surface area contributed by atoms with Crippen LogP contribution in [0, 0.1) is 18.3 Å². The maximum absolute atomic E-state index is 12.5. The normalized spacial score (nSPS) is 17.6. The Bertz CT molecular complexity index is 675. The average molecular weight is 358 g/mol. The number of hydrogen-bond acceptors (Lipinski definition) is 4. The Balaban J connectivity index is 0.00000264. The molecule has 0 spiro atoms. The van der Waals surface area contributed by atoms with E-state index < -0.39 is 15.6 Å². The minimum Gasteiger partial charge on any atom is -0.324 e. The molecule has 3 N–H and O–H groups in total. The van der Waals surface area contributed by atoms with E-state index in [2.05, 4.69) is 4.72 Å². The van der Waals surface area contributed by atoms with Gasteiger partial charge in [-0.05, 0) is 37.5 Å². The van der Waals surface area contributed by atoms with Gasteiger partial charge in [0.25, 0.3) is 0 Å². The zero-order chi connectivity index (χ0) is 16.2. The molecular weight excluding hydrogens is 334 g/mol. The SMILES string of the molecule is Cc1ccc(C#N)cc1S(=O)(=O)NCC1(N)CCCCCC1.Cl. The van der Waals surface area contributed by atoms with Crippen molar-refractivity contribution < 1.29 is 8.42 Å². The van der Waals surface area contributed by atoms with Crippen LogP contribution in [0.25, 0.3) is 0 Å².